The molecule has 1 aromatic heterocycles. The Morgan fingerprint density at radius 1 is 1.39 bits per heavy atom. The number of pyridine rings is 1. The third-order valence-corrected chi connectivity index (χ3v) is 3.81. The fraction of sp³-hybridized carbons (Fsp3) is 0.667. The first-order valence-corrected chi connectivity index (χ1v) is 7.19. The summed E-state index contributed by atoms with van der Waals surface area (Å²) in [5.74, 6) is 0.865. The Bertz CT molecular complexity index is 365. The summed E-state index contributed by atoms with van der Waals surface area (Å²) in [5, 5.41) is 3.41. The lowest BCUT2D eigenvalue weighted by molar-refractivity contribution is 0.521. The highest BCUT2D eigenvalue weighted by Gasteiger charge is 2.16. The van der Waals surface area contributed by atoms with E-state index in [1.807, 2.05) is 12.4 Å². The summed E-state index contributed by atoms with van der Waals surface area (Å²) in [7, 11) is 0. The van der Waals surface area contributed by atoms with Gasteiger partial charge in [-0.1, -0.05) is 13.8 Å². The number of anilines is 1. The van der Waals surface area contributed by atoms with Crippen LogP contribution >= 0.6 is 0 Å². The molecule has 0 spiro atoms. The molecule has 3 nitrogen and oxygen atoms in total. The lowest BCUT2D eigenvalue weighted by atomic mass is 10.0. The number of hydrogen-bond donors (Lipinski definition) is 1. The van der Waals surface area contributed by atoms with E-state index in [1.165, 1.54) is 43.6 Å². The van der Waals surface area contributed by atoms with Crippen LogP contribution in [0.4, 0.5) is 5.69 Å². The van der Waals surface area contributed by atoms with E-state index in [4.69, 9.17) is 0 Å². The van der Waals surface area contributed by atoms with Crippen molar-refractivity contribution in [3.8, 4) is 0 Å². The van der Waals surface area contributed by atoms with Crippen molar-refractivity contribution in [1.29, 1.82) is 0 Å². The Hall–Kier alpha value is -1.09. The van der Waals surface area contributed by atoms with Gasteiger partial charge in [0.1, 0.15) is 0 Å². The molecule has 18 heavy (non-hydrogen) atoms. The maximum Gasteiger partial charge on any atom is 0.0598 e. The summed E-state index contributed by atoms with van der Waals surface area (Å²) in [6.45, 7) is 8.82. The lowest BCUT2D eigenvalue weighted by Gasteiger charge is -2.25. The quantitative estimate of drug-likeness (QED) is 0.887. The number of rotatable bonds is 4. The van der Waals surface area contributed by atoms with Crippen LogP contribution in [0.2, 0.25) is 0 Å². The minimum atomic E-state index is 0.865. The topological polar surface area (TPSA) is 28.2 Å². The normalized spacial score (nSPS) is 20.8. The van der Waals surface area contributed by atoms with Gasteiger partial charge in [-0.05, 0) is 43.4 Å². The maximum absolute atomic E-state index is 4.31. The highest BCUT2D eigenvalue weighted by Crippen LogP contribution is 2.24. The summed E-state index contributed by atoms with van der Waals surface area (Å²) < 4.78 is 0. The molecule has 2 heterocycles. The molecule has 1 unspecified atom stereocenters. The van der Waals surface area contributed by atoms with Crippen LogP contribution < -0.4 is 10.2 Å². The molecule has 100 valence electrons. The van der Waals surface area contributed by atoms with Gasteiger partial charge in [-0.25, -0.2) is 0 Å². The molecule has 0 radical (unpaired) electrons. The van der Waals surface area contributed by atoms with E-state index in [1.54, 1.807) is 0 Å². The van der Waals surface area contributed by atoms with Crippen LogP contribution in [0.1, 0.15) is 38.7 Å². The first-order chi connectivity index (χ1) is 8.81. The summed E-state index contributed by atoms with van der Waals surface area (Å²) in [4.78, 5) is 6.83. The van der Waals surface area contributed by atoms with E-state index in [0.29, 0.717) is 0 Å². The highest BCUT2D eigenvalue weighted by molar-refractivity contribution is 5.51. The average molecular weight is 247 g/mol. The van der Waals surface area contributed by atoms with Gasteiger partial charge in [0.15, 0.2) is 0 Å². The Kier molecular flexibility index (Phi) is 5.00. The summed E-state index contributed by atoms with van der Waals surface area (Å²) in [5.41, 5.74) is 2.70. The third kappa shape index (κ3) is 3.45. The monoisotopic (exact) mass is 247 g/mol. The number of aromatic nitrogens is 1. The largest absolute Gasteiger partial charge is 0.370 e. The van der Waals surface area contributed by atoms with Crippen molar-refractivity contribution in [3.63, 3.8) is 0 Å². The van der Waals surface area contributed by atoms with Gasteiger partial charge in [-0.3, -0.25) is 4.98 Å². The molecule has 1 aliphatic rings. The van der Waals surface area contributed by atoms with Crippen molar-refractivity contribution in [2.75, 3.05) is 24.5 Å². The van der Waals surface area contributed by atoms with E-state index in [-0.39, 0.29) is 0 Å². The Morgan fingerprint density at radius 2 is 2.28 bits per heavy atom. The van der Waals surface area contributed by atoms with E-state index >= 15 is 0 Å². The summed E-state index contributed by atoms with van der Waals surface area (Å²) in [6.07, 6.45) is 7.89. The van der Waals surface area contributed by atoms with Gasteiger partial charge in [-0.15, -0.1) is 0 Å². The maximum atomic E-state index is 4.31. The second kappa shape index (κ2) is 6.74. The molecule has 3 heteroatoms. The second-order valence-corrected chi connectivity index (χ2v) is 5.31. The van der Waals surface area contributed by atoms with Crippen LogP contribution in [0, 0.1) is 5.92 Å². The van der Waals surface area contributed by atoms with E-state index in [0.717, 1.165) is 19.0 Å². The minimum absolute atomic E-state index is 0.865. The molecule has 1 fully saturated rings. The van der Waals surface area contributed by atoms with Gasteiger partial charge in [-0.2, -0.15) is 0 Å². The van der Waals surface area contributed by atoms with Crippen LogP contribution in [-0.4, -0.2) is 24.6 Å². The Balaban J connectivity index is 2.10. The van der Waals surface area contributed by atoms with Crippen molar-refractivity contribution in [2.45, 2.75) is 39.7 Å². The molecule has 1 atom stereocenters. The zero-order chi connectivity index (χ0) is 12.8. The van der Waals surface area contributed by atoms with Crippen molar-refractivity contribution in [2.24, 2.45) is 5.92 Å². The van der Waals surface area contributed by atoms with E-state index < -0.39 is 0 Å². The predicted octanol–water partition coefficient (Wildman–Crippen LogP) is 2.82. The average Bonchev–Trinajstić information content (AvgIpc) is 2.61. The van der Waals surface area contributed by atoms with Gasteiger partial charge in [0, 0.05) is 25.8 Å². The smallest absolute Gasteiger partial charge is 0.0598 e. The van der Waals surface area contributed by atoms with Gasteiger partial charge in [0.05, 0.1) is 11.9 Å². The fourth-order valence-corrected chi connectivity index (χ4v) is 2.61. The van der Waals surface area contributed by atoms with Crippen LogP contribution in [0.3, 0.4) is 0 Å². The number of nitrogens with one attached hydrogen (secondary N) is 1. The van der Waals surface area contributed by atoms with Gasteiger partial charge < -0.3 is 10.2 Å². The Morgan fingerprint density at radius 3 is 3.11 bits per heavy atom. The van der Waals surface area contributed by atoms with Gasteiger partial charge in [0.2, 0.25) is 0 Å². The molecule has 2 rings (SSSR count). The first-order valence-electron chi connectivity index (χ1n) is 7.19. The molecule has 1 aromatic rings. The highest BCUT2D eigenvalue weighted by atomic mass is 15.1. The van der Waals surface area contributed by atoms with Crippen LogP contribution in [0.15, 0.2) is 18.5 Å². The SMILES string of the molecule is CCNCc1ccncc1N1CCCC(C)CC1. The fourth-order valence-electron chi connectivity index (χ4n) is 2.61. The molecular weight excluding hydrogens is 222 g/mol. The van der Waals surface area contributed by atoms with Crippen molar-refractivity contribution in [1.82, 2.24) is 10.3 Å². The summed E-state index contributed by atoms with van der Waals surface area (Å²) >= 11 is 0. The number of hydrogen-bond acceptors (Lipinski definition) is 3. The molecular formula is C15H25N3. The molecule has 1 N–H and O–H groups in total. The summed E-state index contributed by atoms with van der Waals surface area (Å²) in [6, 6.07) is 2.15. The molecule has 0 bridgehead atoms. The Labute approximate surface area is 111 Å². The van der Waals surface area contributed by atoms with Crippen molar-refractivity contribution >= 4 is 5.69 Å². The predicted molar refractivity (Wildman–Crippen MR) is 76.8 cm³/mol. The zero-order valence-electron chi connectivity index (χ0n) is 11.7. The van der Waals surface area contributed by atoms with Crippen molar-refractivity contribution < 1.29 is 0 Å². The van der Waals surface area contributed by atoms with Crippen LogP contribution in [-0.2, 0) is 6.54 Å². The standard InChI is InChI=1S/C15H25N3/c1-3-16-11-14-6-8-17-12-15(14)18-9-4-5-13(2)7-10-18/h6,8,12-13,16H,3-5,7,9-11H2,1-2H3. The van der Waals surface area contributed by atoms with Gasteiger partial charge >= 0.3 is 0 Å². The second-order valence-electron chi connectivity index (χ2n) is 5.31. The molecule has 1 saturated heterocycles. The molecule has 0 saturated carbocycles. The third-order valence-electron chi connectivity index (χ3n) is 3.81. The van der Waals surface area contributed by atoms with Crippen LogP contribution in [0.25, 0.3) is 0 Å². The molecule has 0 amide bonds. The first kappa shape index (κ1) is 13.3. The van der Waals surface area contributed by atoms with Gasteiger partial charge in [0.25, 0.3) is 0 Å². The number of nitrogens with zero attached hydrogens (tertiary/aromatic N) is 2. The lowest BCUT2D eigenvalue weighted by Crippen LogP contribution is -2.26. The van der Waals surface area contributed by atoms with Crippen LogP contribution in [0.5, 0.6) is 0 Å². The molecule has 1 aliphatic heterocycles. The minimum Gasteiger partial charge on any atom is -0.370 e. The van der Waals surface area contributed by atoms with E-state index in [9.17, 15) is 0 Å². The zero-order valence-corrected chi connectivity index (χ0v) is 11.7. The molecule has 0 aromatic carbocycles. The van der Waals surface area contributed by atoms with E-state index in [2.05, 4.69) is 35.1 Å². The van der Waals surface area contributed by atoms with Crippen molar-refractivity contribution in [3.05, 3.63) is 24.0 Å². The molecule has 0 aliphatic carbocycles.